The van der Waals surface area contributed by atoms with Gasteiger partial charge < -0.3 is 4.74 Å². The van der Waals surface area contributed by atoms with Gasteiger partial charge >= 0.3 is 0 Å². The number of hydrogen-bond donors (Lipinski definition) is 0. The summed E-state index contributed by atoms with van der Waals surface area (Å²) in [5, 5.41) is 0.694. The van der Waals surface area contributed by atoms with Crippen LogP contribution in [0.4, 0.5) is 0 Å². The monoisotopic (exact) mass is 211 g/mol. The topological polar surface area (TPSA) is 22.1 Å². The lowest BCUT2D eigenvalue weighted by atomic mass is 9.85. The Bertz CT molecular complexity index is 338. The molecule has 2 nitrogen and oxygen atoms in total. The van der Waals surface area contributed by atoms with E-state index >= 15 is 0 Å². The van der Waals surface area contributed by atoms with Crippen LogP contribution >= 0.6 is 11.6 Å². The molecular weight excluding hydrogens is 198 g/mol. The first kappa shape index (κ1) is 9.78. The summed E-state index contributed by atoms with van der Waals surface area (Å²) in [5.41, 5.74) is 1.17. The van der Waals surface area contributed by atoms with E-state index < -0.39 is 0 Å². The molecule has 2 heterocycles. The molecule has 0 spiro atoms. The lowest BCUT2D eigenvalue weighted by Gasteiger charge is -2.27. The number of nitrogens with zero attached hydrogens (tertiary/aromatic N) is 1. The van der Waals surface area contributed by atoms with E-state index in [0.717, 1.165) is 18.9 Å². The molecule has 0 fully saturated rings. The van der Waals surface area contributed by atoms with Crippen molar-refractivity contribution in [2.24, 2.45) is 5.92 Å². The van der Waals surface area contributed by atoms with Crippen molar-refractivity contribution in [2.75, 3.05) is 6.61 Å². The predicted octanol–water partition coefficient (Wildman–Crippen LogP) is 3.26. The van der Waals surface area contributed by atoms with E-state index in [-0.39, 0.29) is 0 Å². The van der Waals surface area contributed by atoms with E-state index in [1.54, 1.807) is 6.20 Å². The number of pyridine rings is 1. The maximum Gasteiger partial charge on any atom is 0.216 e. The fraction of sp³-hybridized carbons (Fsp3) is 0.545. The third-order valence-electron chi connectivity index (χ3n) is 2.72. The van der Waals surface area contributed by atoms with E-state index in [1.807, 2.05) is 6.07 Å². The highest BCUT2D eigenvalue weighted by Gasteiger charge is 2.25. The molecule has 0 aliphatic carbocycles. The van der Waals surface area contributed by atoms with Gasteiger partial charge in [-0.15, -0.1) is 0 Å². The average molecular weight is 212 g/mol. The number of hydrogen-bond acceptors (Lipinski definition) is 2. The fourth-order valence-corrected chi connectivity index (χ4v) is 2.13. The SMILES string of the molecule is CC(C)C1CCOc2ncc(Cl)cc21. The van der Waals surface area contributed by atoms with Gasteiger partial charge in [0, 0.05) is 11.8 Å². The summed E-state index contributed by atoms with van der Waals surface area (Å²) in [6, 6.07) is 1.98. The molecule has 0 amide bonds. The minimum Gasteiger partial charge on any atom is -0.477 e. The molecule has 1 aliphatic rings. The van der Waals surface area contributed by atoms with Gasteiger partial charge in [0.1, 0.15) is 0 Å². The Kier molecular flexibility index (Phi) is 2.64. The molecule has 0 aromatic carbocycles. The standard InChI is InChI=1S/C11H14ClNO/c1-7(2)9-3-4-14-11-10(9)5-8(12)6-13-11/h5-7,9H,3-4H2,1-2H3. The van der Waals surface area contributed by atoms with Crippen LogP contribution in [0.3, 0.4) is 0 Å². The van der Waals surface area contributed by atoms with Crippen molar-refractivity contribution in [3.05, 3.63) is 22.8 Å². The smallest absolute Gasteiger partial charge is 0.216 e. The summed E-state index contributed by atoms with van der Waals surface area (Å²) in [5.74, 6) is 1.90. The molecule has 0 N–H and O–H groups in total. The molecule has 1 aromatic rings. The molecule has 3 heteroatoms. The van der Waals surface area contributed by atoms with Crippen molar-refractivity contribution in [1.82, 2.24) is 4.98 Å². The van der Waals surface area contributed by atoms with E-state index in [0.29, 0.717) is 16.9 Å². The van der Waals surface area contributed by atoms with Crippen molar-refractivity contribution in [3.8, 4) is 5.88 Å². The Morgan fingerprint density at radius 3 is 3.07 bits per heavy atom. The zero-order valence-corrected chi connectivity index (χ0v) is 9.21. The van der Waals surface area contributed by atoms with Crippen LogP contribution in [0.15, 0.2) is 12.3 Å². The maximum atomic E-state index is 5.93. The number of ether oxygens (including phenoxy) is 1. The third kappa shape index (κ3) is 1.71. The van der Waals surface area contributed by atoms with Crippen molar-refractivity contribution >= 4 is 11.6 Å². The first-order valence-electron chi connectivity index (χ1n) is 4.96. The van der Waals surface area contributed by atoms with Gasteiger partial charge in [-0.3, -0.25) is 0 Å². The maximum absolute atomic E-state index is 5.93. The molecule has 76 valence electrons. The second-order valence-corrected chi connectivity index (χ2v) is 4.47. The zero-order chi connectivity index (χ0) is 10.1. The van der Waals surface area contributed by atoms with Crippen molar-refractivity contribution in [1.29, 1.82) is 0 Å². The third-order valence-corrected chi connectivity index (χ3v) is 2.92. The van der Waals surface area contributed by atoms with E-state index in [9.17, 15) is 0 Å². The van der Waals surface area contributed by atoms with Crippen LogP contribution in [0.2, 0.25) is 5.02 Å². The highest BCUT2D eigenvalue weighted by molar-refractivity contribution is 6.30. The first-order chi connectivity index (χ1) is 6.68. The molecule has 1 aliphatic heterocycles. The van der Waals surface area contributed by atoms with Crippen LogP contribution in [0.5, 0.6) is 5.88 Å². The Labute approximate surface area is 89.3 Å². The molecule has 0 radical (unpaired) electrons. The fourth-order valence-electron chi connectivity index (χ4n) is 1.96. The molecule has 0 saturated heterocycles. The van der Waals surface area contributed by atoms with Gasteiger partial charge in [0.15, 0.2) is 0 Å². The second kappa shape index (κ2) is 3.77. The van der Waals surface area contributed by atoms with Gasteiger partial charge in [-0.25, -0.2) is 4.98 Å². The molecule has 0 bridgehead atoms. The van der Waals surface area contributed by atoms with Crippen molar-refractivity contribution in [3.63, 3.8) is 0 Å². The van der Waals surface area contributed by atoms with Gasteiger partial charge in [-0.1, -0.05) is 25.4 Å². The molecule has 14 heavy (non-hydrogen) atoms. The summed E-state index contributed by atoms with van der Waals surface area (Å²) < 4.78 is 5.49. The van der Waals surface area contributed by atoms with Crippen LogP contribution in [-0.2, 0) is 0 Å². The van der Waals surface area contributed by atoms with E-state index in [1.165, 1.54) is 5.56 Å². The molecular formula is C11H14ClNO. The van der Waals surface area contributed by atoms with E-state index in [4.69, 9.17) is 16.3 Å². The summed E-state index contributed by atoms with van der Waals surface area (Å²) in [4.78, 5) is 4.20. The summed E-state index contributed by atoms with van der Waals surface area (Å²) in [7, 11) is 0. The Morgan fingerprint density at radius 1 is 1.57 bits per heavy atom. The average Bonchev–Trinajstić information content (AvgIpc) is 2.16. The van der Waals surface area contributed by atoms with E-state index in [2.05, 4.69) is 18.8 Å². The lowest BCUT2D eigenvalue weighted by molar-refractivity contribution is 0.237. The van der Waals surface area contributed by atoms with Gasteiger partial charge in [0.25, 0.3) is 0 Å². The van der Waals surface area contributed by atoms with Crippen molar-refractivity contribution < 1.29 is 4.74 Å². The molecule has 1 unspecified atom stereocenters. The molecule has 1 atom stereocenters. The zero-order valence-electron chi connectivity index (χ0n) is 8.46. The predicted molar refractivity (Wildman–Crippen MR) is 56.9 cm³/mol. The summed E-state index contributed by atoms with van der Waals surface area (Å²) >= 11 is 5.93. The number of aromatic nitrogens is 1. The number of halogens is 1. The van der Waals surface area contributed by atoms with Gasteiger partial charge in [-0.05, 0) is 24.3 Å². The molecule has 2 rings (SSSR count). The second-order valence-electron chi connectivity index (χ2n) is 4.04. The van der Waals surface area contributed by atoms with Crippen LogP contribution < -0.4 is 4.74 Å². The van der Waals surface area contributed by atoms with Crippen LogP contribution in [0, 0.1) is 5.92 Å². The minimum absolute atomic E-state index is 0.532. The highest BCUT2D eigenvalue weighted by atomic mass is 35.5. The van der Waals surface area contributed by atoms with Crippen LogP contribution in [0.25, 0.3) is 0 Å². The van der Waals surface area contributed by atoms with Crippen LogP contribution in [-0.4, -0.2) is 11.6 Å². The Morgan fingerprint density at radius 2 is 2.36 bits per heavy atom. The highest BCUT2D eigenvalue weighted by Crippen LogP contribution is 2.37. The Hall–Kier alpha value is -0.760. The summed E-state index contributed by atoms with van der Waals surface area (Å²) in [6.07, 6.45) is 2.70. The summed E-state index contributed by atoms with van der Waals surface area (Å²) in [6.45, 7) is 5.21. The van der Waals surface area contributed by atoms with Crippen LogP contribution in [0.1, 0.15) is 31.7 Å². The Balaban J connectivity index is 2.41. The lowest BCUT2D eigenvalue weighted by Crippen LogP contribution is -2.19. The number of fused-ring (bicyclic) bond motifs is 1. The normalized spacial score (nSPS) is 20.4. The molecule has 0 saturated carbocycles. The minimum atomic E-state index is 0.532. The van der Waals surface area contributed by atoms with Gasteiger partial charge in [0.05, 0.1) is 11.6 Å². The van der Waals surface area contributed by atoms with Gasteiger partial charge in [-0.2, -0.15) is 0 Å². The first-order valence-corrected chi connectivity index (χ1v) is 5.34. The number of rotatable bonds is 1. The van der Waals surface area contributed by atoms with Gasteiger partial charge in [0.2, 0.25) is 5.88 Å². The largest absolute Gasteiger partial charge is 0.477 e. The quantitative estimate of drug-likeness (QED) is 0.712. The van der Waals surface area contributed by atoms with Crippen molar-refractivity contribution in [2.45, 2.75) is 26.2 Å². The molecule has 1 aromatic heterocycles.